The van der Waals surface area contributed by atoms with Gasteiger partial charge in [-0.15, -0.1) is 0 Å². The first-order valence-corrected chi connectivity index (χ1v) is 10.2. The van der Waals surface area contributed by atoms with Gasteiger partial charge in [0.05, 0.1) is 22.1 Å². The molecule has 0 saturated heterocycles. The van der Waals surface area contributed by atoms with Crippen molar-refractivity contribution < 1.29 is 4.79 Å². The molecule has 1 fully saturated rings. The number of ketones is 1. The molecular weight excluding hydrogens is 352 g/mol. The molecular formula is C23H22N2OS. The number of rotatable bonds is 3. The molecule has 0 aromatic heterocycles. The number of hydrogen-bond acceptors (Lipinski definition) is 4. The molecule has 4 heteroatoms. The summed E-state index contributed by atoms with van der Waals surface area (Å²) < 4.78 is 0. The molecule has 0 unspecified atom stereocenters. The van der Waals surface area contributed by atoms with E-state index >= 15 is 0 Å². The van der Waals surface area contributed by atoms with Gasteiger partial charge in [-0.05, 0) is 56.5 Å². The molecule has 2 aromatic rings. The van der Waals surface area contributed by atoms with Gasteiger partial charge in [-0.2, -0.15) is 0 Å². The first-order valence-electron chi connectivity index (χ1n) is 9.39. The molecule has 0 radical (unpaired) electrons. The van der Waals surface area contributed by atoms with Crippen molar-refractivity contribution in [1.29, 1.82) is 0 Å². The molecule has 1 aliphatic carbocycles. The van der Waals surface area contributed by atoms with Crippen LogP contribution in [0.25, 0.3) is 0 Å². The van der Waals surface area contributed by atoms with Crippen molar-refractivity contribution in [2.75, 3.05) is 11.4 Å². The van der Waals surface area contributed by atoms with Crippen LogP contribution < -0.4 is 4.90 Å². The molecule has 4 rings (SSSR count). The van der Waals surface area contributed by atoms with Crippen LogP contribution in [0.4, 0.5) is 11.4 Å². The van der Waals surface area contributed by atoms with Crippen LogP contribution in [0, 0.1) is 0 Å². The summed E-state index contributed by atoms with van der Waals surface area (Å²) in [6, 6.07) is 18.2. The van der Waals surface area contributed by atoms with Gasteiger partial charge in [-0.25, -0.2) is 4.99 Å². The maximum absolute atomic E-state index is 12.9. The van der Waals surface area contributed by atoms with Crippen molar-refractivity contribution in [2.45, 2.75) is 31.1 Å². The van der Waals surface area contributed by atoms with Gasteiger partial charge in [-0.3, -0.25) is 4.79 Å². The summed E-state index contributed by atoms with van der Waals surface area (Å²) in [5.74, 6) is 0.0884. The first kappa shape index (κ1) is 17.8. The third-order valence-corrected chi connectivity index (χ3v) is 5.94. The smallest absolute Gasteiger partial charge is 0.203 e. The minimum absolute atomic E-state index is 0.0884. The third kappa shape index (κ3) is 3.76. The summed E-state index contributed by atoms with van der Waals surface area (Å²) in [7, 11) is 0. The first-order chi connectivity index (χ1) is 13.3. The monoisotopic (exact) mass is 374 g/mol. The Morgan fingerprint density at radius 2 is 1.81 bits per heavy atom. The number of hydrogen-bond donors (Lipinski definition) is 0. The van der Waals surface area contributed by atoms with E-state index in [1.165, 1.54) is 15.6 Å². The van der Waals surface area contributed by atoms with E-state index in [4.69, 9.17) is 0 Å². The zero-order chi connectivity index (χ0) is 18.6. The lowest BCUT2D eigenvalue weighted by molar-refractivity contribution is -0.110. The van der Waals surface area contributed by atoms with Crippen molar-refractivity contribution >= 4 is 34.6 Å². The number of carbonyl (C=O) groups excluding carboxylic acids is 1. The minimum Gasteiger partial charge on any atom is -0.335 e. The number of benzene rings is 2. The van der Waals surface area contributed by atoms with Crippen LogP contribution in [0.1, 0.15) is 26.2 Å². The fourth-order valence-electron chi connectivity index (χ4n) is 3.46. The summed E-state index contributed by atoms with van der Waals surface area (Å²) in [6.45, 7) is 3.06. The average Bonchev–Trinajstić information content (AvgIpc) is 3.07. The summed E-state index contributed by atoms with van der Waals surface area (Å²) in [5.41, 5.74) is 3.62. The Balaban J connectivity index is 1.58. The van der Waals surface area contributed by atoms with Gasteiger partial charge in [0.25, 0.3) is 0 Å². The number of carbonyl (C=O) groups is 1. The van der Waals surface area contributed by atoms with Crippen LogP contribution in [0.3, 0.4) is 0 Å². The Kier molecular flexibility index (Phi) is 5.26. The molecule has 0 N–H and O–H groups in total. The van der Waals surface area contributed by atoms with Gasteiger partial charge in [-0.1, -0.05) is 48.2 Å². The molecule has 1 saturated carbocycles. The zero-order valence-electron chi connectivity index (χ0n) is 15.4. The normalized spacial score (nSPS) is 21.3. The maximum atomic E-state index is 12.9. The van der Waals surface area contributed by atoms with Gasteiger partial charge in [0.1, 0.15) is 0 Å². The van der Waals surface area contributed by atoms with E-state index in [0.29, 0.717) is 5.71 Å². The van der Waals surface area contributed by atoms with Crippen molar-refractivity contribution in [3.05, 3.63) is 77.4 Å². The largest absolute Gasteiger partial charge is 0.335 e. The molecule has 1 heterocycles. The number of Topliss-reactive ketones (excluding diaryl/α,β-unsaturated/α-hetero) is 1. The number of fused-ring (bicyclic) bond motifs is 1. The van der Waals surface area contributed by atoms with Crippen LogP contribution >= 0.6 is 11.8 Å². The maximum Gasteiger partial charge on any atom is 0.203 e. The number of para-hydroxylation sites is 2. The van der Waals surface area contributed by atoms with Gasteiger partial charge in [0, 0.05) is 17.0 Å². The summed E-state index contributed by atoms with van der Waals surface area (Å²) >= 11 is 1.76. The second kappa shape index (κ2) is 7.97. The lowest BCUT2D eigenvalue weighted by atomic mass is 9.91. The molecule has 2 aromatic carbocycles. The molecule has 136 valence electrons. The summed E-state index contributed by atoms with van der Waals surface area (Å²) in [6.07, 6.45) is 6.63. The van der Waals surface area contributed by atoms with Crippen LogP contribution in [-0.2, 0) is 4.79 Å². The Bertz CT molecular complexity index is 944. The number of aliphatic imine (C=N–C) groups is 1. The van der Waals surface area contributed by atoms with Crippen LogP contribution in [-0.4, -0.2) is 18.0 Å². The zero-order valence-corrected chi connectivity index (χ0v) is 16.2. The van der Waals surface area contributed by atoms with E-state index in [-0.39, 0.29) is 5.78 Å². The highest BCUT2D eigenvalue weighted by Gasteiger charge is 2.24. The molecule has 0 spiro atoms. The number of thioether (sulfide) groups is 1. The van der Waals surface area contributed by atoms with Crippen molar-refractivity contribution in [2.24, 2.45) is 4.99 Å². The van der Waals surface area contributed by atoms with Gasteiger partial charge >= 0.3 is 0 Å². The van der Waals surface area contributed by atoms with Gasteiger partial charge in [0.15, 0.2) is 0 Å². The van der Waals surface area contributed by atoms with Crippen LogP contribution in [0.15, 0.2) is 87.2 Å². The molecule has 0 bridgehead atoms. The lowest BCUT2D eigenvalue weighted by Gasteiger charge is -2.18. The van der Waals surface area contributed by atoms with E-state index in [1.54, 1.807) is 11.8 Å². The van der Waals surface area contributed by atoms with Crippen LogP contribution in [0.5, 0.6) is 0 Å². The fourth-order valence-corrected chi connectivity index (χ4v) is 4.59. The second-order valence-electron chi connectivity index (χ2n) is 6.59. The quantitative estimate of drug-likeness (QED) is 0.626. The van der Waals surface area contributed by atoms with Crippen molar-refractivity contribution in [1.82, 2.24) is 0 Å². The van der Waals surface area contributed by atoms with Crippen molar-refractivity contribution in [3.63, 3.8) is 0 Å². The van der Waals surface area contributed by atoms with E-state index < -0.39 is 0 Å². The highest BCUT2D eigenvalue weighted by molar-refractivity contribution is 8.03. The minimum atomic E-state index is 0.0884. The Morgan fingerprint density at radius 3 is 2.63 bits per heavy atom. The predicted octanol–water partition coefficient (Wildman–Crippen LogP) is 5.91. The lowest BCUT2D eigenvalue weighted by Crippen LogP contribution is -2.21. The SMILES string of the molecule is CCN1/C(=C/C=C2\CCCC(=Nc3ccccc3)C2=O)Sc2ccccc21. The highest BCUT2D eigenvalue weighted by Crippen LogP contribution is 2.45. The average molecular weight is 375 g/mol. The molecule has 0 atom stereocenters. The Labute approximate surface area is 164 Å². The Hall–Kier alpha value is -2.59. The Morgan fingerprint density at radius 1 is 1.04 bits per heavy atom. The third-order valence-electron chi connectivity index (χ3n) is 4.81. The van der Waals surface area contributed by atoms with Gasteiger partial charge in [0.2, 0.25) is 5.78 Å². The topological polar surface area (TPSA) is 32.7 Å². The highest BCUT2D eigenvalue weighted by atomic mass is 32.2. The number of allylic oxidation sites excluding steroid dienone is 3. The predicted molar refractivity (Wildman–Crippen MR) is 114 cm³/mol. The van der Waals surface area contributed by atoms with E-state index in [9.17, 15) is 4.79 Å². The number of anilines is 1. The van der Waals surface area contributed by atoms with Crippen LogP contribution in [0.2, 0.25) is 0 Å². The molecule has 1 aliphatic heterocycles. The van der Waals surface area contributed by atoms with Crippen molar-refractivity contribution in [3.8, 4) is 0 Å². The molecule has 27 heavy (non-hydrogen) atoms. The summed E-state index contributed by atoms with van der Waals surface area (Å²) in [5, 5.41) is 1.17. The molecule has 0 amide bonds. The molecule has 3 nitrogen and oxygen atoms in total. The number of nitrogens with zero attached hydrogens (tertiary/aromatic N) is 2. The van der Waals surface area contributed by atoms with Gasteiger partial charge < -0.3 is 4.90 Å². The van der Waals surface area contributed by atoms with E-state index in [0.717, 1.165) is 37.1 Å². The van der Waals surface area contributed by atoms with E-state index in [1.807, 2.05) is 36.4 Å². The second-order valence-corrected chi connectivity index (χ2v) is 7.65. The van der Waals surface area contributed by atoms with E-state index in [2.05, 4.69) is 47.2 Å². The fraction of sp³-hybridized carbons (Fsp3) is 0.217. The summed E-state index contributed by atoms with van der Waals surface area (Å²) in [4.78, 5) is 21.0. The standard InChI is InChI=1S/C23H22N2OS/c1-2-25-20-13-6-7-14-21(20)27-22(25)16-15-17-9-8-12-19(23(17)26)24-18-10-4-3-5-11-18/h3-7,10-11,13-16H,2,8-9,12H2,1H3/b17-15+,22-16-,24-19?. The molecule has 2 aliphatic rings.